The molecule has 0 bridgehead atoms. The lowest BCUT2D eigenvalue weighted by Gasteiger charge is -2.19. The molecule has 0 saturated heterocycles. The van der Waals surface area contributed by atoms with Crippen LogP contribution in [0.1, 0.15) is 31.4 Å². The smallest absolute Gasteiger partial charge is 0.304 e. The molecule has 0 aliphatic rings. The van der Waals surface area contributed by atoms with Gasteiger partial charge in [0, 0.05) is 0 Å². The third kappa shape index (κ3) is 6.70. The molecule has 0 N–H and O–H groups in total. The van der Waals surface area contributed by atoms with Crippen LogP contribution in [0, 0.1) is 5.92 Å². The van der Waals surface area contributed by atoms with Gasteiger partial charge in [-0.15, -0.1) is 0 Å². The van der Waals surface area contributed by atoms with Gasteiger partial charge in [0.1, 0.15) is 0 Å². The summed E-state index contributed by atoms with van der Waals surface area (Å²) in [6.07, 6.45) is 1.27. The van der Waals surface area contributed by atoms with Crippen molar-refractivity contribution in [2.45, 2.75) is 33.5 Å². The zero-order valence-electron chi connectivity index (χ0n) is 13.9. The number of benzene rings is 2. The summed E-state index contributed by atoms with van der Waals surface area (Å²) >= 11 is 0. The van der Waals surface area contributed by atoms with E-state index in [1.165, 1.54) is 0 Å². The number of hydrogen-bond donors (Lipinski definition) is 0. The first-order chi connectivity index (χ1) is 11.1. The van der Waals surface area contributed by atoms with Crippen LogP contribution in [-0.2, 0) is 26.8 Å². The molecule has 0 aliphatic heterocycles. The van der Waals surface area contributed by atoms with E-state index in [2.05, 4.69) is 13.8 Å². The molecule has 0 atom stereocenters. The van der Waals surface area contributed by atoms with Crippen molar-refractivity contribution in [1.29, 1.82) is 0 Å². The average Bonchev–Trinajstić information content (AvgIpc) is 2.59. The lowest BCUT2D eigenvalue weighted by molar-refractivity contribution is 0.190. The largest absolute Gasteiger partial charge is 0.331 e. The predicted octanol–water partition coefficient (Wildman–Crippen LogP) is 5.66. The summed E-state index contributed by atoms with van der Waals surface area (Å²) in [5.74, 6) is 0.462. The monoisotopic (exact) mass is 332 g/mol. The first-order valence-electron chi connectivity index (χ1n) is 8.03. The molecule has 0 amide bonds. The lowest BCUT2D eigenvalue weighted by atomic mass is 10.2. The second kappa shape index (κ2) is 9.02. The molecule has 3 nitrogen and oxygen atoms in total. The van der Waals surface area contributed by atoms with Gasteiger partial charge in [0.2, 0.25) is 0 Å². The van der Waals surface area contributed by atoms with Crippen LogP contribution in [0.25, 0.3) is 0 Å². The van der Waals surface area contributed by atoms with Gasteiger partial charge in [-0.2, -0.15) is 0 Å². The van der Waals surface area contributed by atoms with E-state index >= 15 is 0 Å². The maximum absolute atomic E-state index is 13.0. The molecule has 0 aromatic heterocycles. The van der Waals surface area contributed by atoms with Crippen LogP contribution in [0.2, 0.25) is 0 Å². The topological polar surface area (TPSA) is 35.5 Å². The molecule has 0 radical (unpaired) electrons. The van der Waals surface area contributed by atoms with E-state index in [1.54, 1.807) is 0 Å². The minimum absolute atomic E-state index is 0.311. The van der Waals surface area contributed by atoms with E-state index < -0.39 is 7.60 Å². The molecule has 0 aliphatic carbocycles. The van der Waals surface area contributed by atoms with Crippen LogP contribution >= 0.6 is 7.60 Å². The molecule has 2 aromatic carbocycles. The summed E-state index contributed by atoms with van der Waals surface area (Å²) in [4.78, 5) is 0. The van der Waals surface area contributed by atoms with Crippen molar-refractivity contribution in [3.8, 4) is 0 Å². The lowest BCUT2D eigenvalue weighted by Crippen LogP contribution is -2.03. The average molecular weight is 332 g/mol. The van der Waals surface area contributed by atoms with Gasteiger partial charge >= 0.3 is 7.60 Å². The molecule has 4 heteroatoms. The normalized spacial score (nSPS) is 11.8. The molecular weight excluding hydrogens is 307 g/mol. The van der Waals surface area contributed by atoms with E-state index in [1.807, 2.05) is 60.7 Å². The fraction of sp³-hybridized carbons (Fsp3) is 0.368. The van der Waals surface area contributed by atoms with Gasteiger partial charge in [-0.25, -0.2) is 0 Å². The zero-order valence-corrected chi connectivity index (χ0v) is 14.7. The van der Waals surface area contributed by atoms with Crippen LogP contribution in [0.15, 0.2) is 60.7 Å². The minimum Gasteiger partial charge on any atom is -0.304 e. The standard InChI is InChI=1S/C19H25O3P/c1-17(2)13-14-23(20,21-15-18-9-5-3-6-10-18)22-16-19-11-7-4-8-12-19/h3-12,17H,13-16H2,1-2H3. The summed E-state index contributed by atoms with van der Waals surface area (Å²) in [7, 11) is -3.10. The summed E-state index contributed by atoms with van der Waals surface area (Å²) in [6.45, 7) is 4.84. The summed E-state index contributed by atoms with van der Waals surface area (Å²) < 4.78 is 24.5. The van der Waals surface area contributed by atoms with Gasteiger partial charge in [0.05, 0.1) is 19.4 Å². The Hall–Kier alpha value is -1.41. The highest BCUT2D eigenvalue weighted by atomic mass is 31.2. The predicted molar refractivity (Wildman–Crippen MR) is 94.4 cm³/mol. The number of hydrogen-bond acceptors (Lipinski definition) is 3. The number of rotatable bonds is 9. The fourth-order valence-electron chi connectivity index (χ4n) is 2.08. The summed E-state index contributed by atoms with van der Waals surface area (Å²) in [5, 5.41) is 0. The first-order valence-corrected chi connectivity index (χ1v) is 9.76. The van der Waals surface area contributed by atoms with Crippen molar-refractivity contribution in [3.63, 3.8) is 0 Å². The first kappa shape index (κ1) is 17.9. The highest BCUT2D eigenvalue weighted by molar-refractivity contribution is 7.53. The van der Waals surface area contributed by atoms with E-state index in [4.69, 9.17) is 9.05 Å². The van der Waals surface area contributed by atoms with Crippen molar-refractivity contribution >= 4 is 7.60 Å². The van der Waals surface area contributed by atoms with Crippen molar-refractivity contribution in [1.82, 2.24) is 0 Å². The van der Waals surface area contributed by atoms with Gasteiger partial charge in [-0.05, 0) is 23.5 Å². The summed E-state index contributed by atoms with van der Waals surface area (Å²) in [6, 6.07) is 19.5. The Labute approximate surface area is 139 Å². The molecule has 0 fully saturated rings. The highest BCUT2D eigenvalue weighted by Gasteiger charge is 2.25. The molecule has 0 spiro atoms. The second-order valence-corrected chi connectivity index (χ2v) is 8.22. The van der Waals surface area contributed by atoms with Crippen molar-refractivity contribution in [2.75, 3.05) is 6.16 Å². The molecule has 2 aromatic rings. The third-order valence-electron chi connectivity index (χ3n) is 3.52. The van der Waals surface area contributed by atoms with Gasteiger partial charge in [-0.1, -0.05) is 74.5 Å². The van der Waals surface area contributed by atoms with Gasteiger partial charge in [0.25, 0.3) is 0 Å². The molecule has 2 rings (SSSR count). The van der Waals surface area contributed by atoms with Crippen LogP contribution < -0.4 is 0 Å². The van der Waals surface area contributed by atoms with Gasteiger partial charge < -0.3 is 9.05 Å². The van der Waals surface area contributed by atoms with Crippen molar-refractivity contribution in [2.24, 2.45) is 5.92 Å². The van der Waals surface area contributed by atoms with E-state index in [9.17, 15) is 4.57 Å². The Morgan fingerprint density at radius 2 is 1.26 bits per heavy atom. The quantitative estimate of drug-likeness (QED) is 0.556. The zero-order chi connectivity index (χ0) is 16.5. The second-order valence-electron chi connectivity index (χ2n) is 6.04. The van der Waals surface area contributed by atoms with Gasteiger partial charge in [0.15, 0.2) is 0 Å². The molecule has 0 saturated carbocycles. The maximum Gasteiger partial charge on any atom is 0.331 e. The highest BCUT2D eigenvalue weighted by Crippen LogP contribution is 2.50. The van der Waals surface area contributed by atoms with E-state index in [-0.39, 0.29) is 0 Å². The molecular formula is C19H25O3P. The fourth-order valence-corrected chi connectivity index (χ4v) is 3.93. The van der Waals surface area contributed by atoms with Crippen LogP contribution in [0.5, 0.6) is 0 Å². The maximum atomic E-state index is 13.0. The van der Waals surface area contributed by atoms with Crippen LogP contribution in [0.3, 0.4) is 0 Å². The Morgan fingerprint density at radius 1 is 0.826 bits per heavy atom. The Bertz CT molecular complexity index is 564. The SMILES string of the molecule is CC(C)CCP(=O)(OCc1ccccc1)OCc1ccccc1. The molecule has 23 heavy (non-hydrogen) atoms. The van der Waals surface area contributed by atoms with Crippen LogP contribution in [-0.4, -0.2) is 6.16 Å². The Morgan fingerprint density at radius 3 is 1.65 bits per heavy atom. The van der Waals surface area contributed by atoms with Gasteiger partial charge in [-0.3, -0.25) is 4.57 Å². The van der Waals surface area contributed by atoms with Crippen molar-refractivity contribution < 1.29 is 13.6 Å². The molecule has 0 heterocycles. The minimum atomic E-state index is -3.10. The summed E-state index contributed by atoms with van der Waals surface area (Å²) in [5.41, 5.74) is 2.00. The van der Waals surface area contributed by atoms with Crippen molar-refractivity contribution in [3.05, 3.63) is 71.8 Å². The Kier molecular flexibility index (Phi) is 7.04. The van der Waals surface area contributed by atoms with E-state index in [0.717, 1.165) is 17.5 Å². The molecule has 0 unspecified atom stereocenters. The Balaban J connectivity index is 1.97. The van der Waals surface area contributed by atoms with E-state index in [0.29, 0.717) is 25.3 Å². The van der Waals surface area contributed by atoms with Crippen LogP contribution in [0.4, 0.5) is 0 Å². The molecule has 124 valence electrons. The third-order valence-corrected chi connectivity index (χ3v) is 5.37.